The predicted molar refractivity (Wildman–Crippen MR) is 69.4 cm³/mol. The van der Waals surface area contributed by atoms with E-state index in [9.17, 15) is 9.18 Å². The second-order valence-corrected chi connectivity index (χ2v) is 4.87. The summed E-state index contributed by atoms with van der Waals surface area (Å²) in [4.78, 5) is 12.0. The molecule has 0 aliphatic carbocycles. The van der Waals surface area contributed by atoms with Gasteiger partial charge in [-0.25, -0.2) is 4.39 Å². The van der Waals surface area contributed by atoms with Crippen LogP contribution in [-0.4, -0.2) is 25.0 Å². The highest BCUT2D eigenvalue weighted by atomic mass is 35.5. The van der Waals surface area contributed by atoms with Gasteiger partial charge in [-0.05, 0) is 31.5 Å². The average molecular weight is 271 g/mol. The van der Waals surface area contributed by atoms with Crippen molar-refractivity contribution in [3.8, 4) is 0 Å². The van der Waals surface area contributed by atoms with Gasteiger partial charge in [-0.3, -0.25) is 4.79 Å². The number of benzene rings is 1. The Kier molecular flexibility index (Phi) is 4.55. The number of amides is 1. The lowest BCUT2D eigenvalue weighted by Crippen LogP contribution is -2.41. The minimum absolute atomic E-state index is 0.0377. The van der Waals surface area contributed by atoms with Crippen molar-refractivity contribution < 1.29 is 9.18 Å². The number of carbonyl (C=O) groups excluding carboxylic acids is 1. The highest BCUT2D eigenvalue weighted by molar-refractivity contribution is 6.33. The molecule has 3 nitrogen and oxygen atoms in total. The lowest BCUT2D eigenvalue weighted by atomic mass is 10.1. The predicted octanol–water partition coefficient (Wildman–Crippen LogP) is 2.35. The quantitative estimate of drug-likeness (QED) is 0.866. The molecular weight excluding hydrogens is 255 g/mol. The zero-order valence-corrected chi connectivity index (χ0v) is 10.8. The summed E-state index contributed by atoms with van der Waals surface area (Å²) in [5, 5.41) is 6.22. The Balaban J connectivity index is 2.07. The van der Waals surface area contributed by atoms with Crippen LogP contribution >= 0.6 is 11.6 Å². The van der Waals surface area contributed by atoms with Crippen LogP contribution < -0.4 is 10.6 Å². The van der Waals surface area contributed by atoms with Gasteiger partial charge in [0.05, 0.1) is 10.6 Å². The standard InChI is InChI=1S/C13H16ClFN2O/c14-10-5-3-6-11(15)12(10)13(18)17-9-4-1-2-7-16-8-9/h3,5-6,9,16H,1-2,4,7-8H2,(H,17,18). The van der Waals surface area contributed by atoms with Crippen LogP contribution in [0.1, 0.15) is 29.6 Å². The van der Waals surface area contributed by atoms with E-state index in [0.29, 0.717) is 0 Å². The van der Waals surface area contributed by atoms with Crippen LogP contribution in [0.2, 0.25) is 5.02 Å². The Morgan fingerprint density at radius 2 is 2.28 bits per heavy atom. The number of nitrogens with one attached hydrogen (secondary N) is 2. The van der Waals surface area contributed by atoms with Crippen LogP contribution in [0.25, 0.3) is 0 Å². The van der Waals surface area contributed by atoms with Crippen LogP contribution in [0.4, 0.5) is 4.39 Å². The van der Waals surface area contributed by atoms with E-state index >= 15 is 0 Å². The number of hydrogen-bond acceptors (Lipinski definition) is 2. The normalized spacial score (nSPS) is 20.2. The van der Waals surface area contributed by atoms with Crippen molar-refractivity contribution in [1.82, 2.24) is 10.6 Å². The van der Waals surface area contributed by atoms with Gasteiger partial charge in [0.1, 0.15) is 5.82 Å². The molecule has 98 valence electrons. The first-order valence-corrected chi connectivity index (χ1v) is 6.52. The van der Waals surface area contributed by atoms with Gasteiger partial charge in [0.15, 0.2) is 0 Å². The highest BCUT2D eigenvalue weighted by Crippen LogP contribution is 2.19. The van der Waals surface area contributed by atoms with E-state index in [1.165, 1.54) is 18.2 Å². The van der Waals surface area contributed by atoms with Crippen LogP contribution in [0, 0.1) is 5.82 Å². The first kappa shape index (κ1) is 13.3. The molecule has 0 aromatic heterocycles. The number of rotatable bonds is 2. The Labute approximate surface area is 111 Å². The van der Waals surface area contributed by atoms with Crippen molar-refractivity contribution >= 4 is 17.5 Å². The molecule has 18 heavy (non-hydrogen) atoms. The second-order valence-electron chi connectivity index (χ2n) is 4.47. The molecule has 2 N–H and O–H groups in total. The first-order valence-electron chi connectivity index (χ1n) is 6.14. The molecule has 1 atom stereocenters. The molecular formula is C13H16ClFN2O. The van der Waals surface area contributed by atoms with Crippen LogP contribution in [0.15, 0.2) is 18.2 Å². The second kappa shape index (κ2) is 6.16. The monoisotopic (exact) mass is 270 g/mol. The maximum Gasteiger partial charge on any atom is 0.256 e. The fourth-order valence-electron chi connectivity index (χ4n) is 2.11. The molecule has 1 aliphatic heterocycles. The van der Waals surface area contributed by atoms with Gasteiger partial charge in [-0.2, -0.15) is 0 Å². The maximum atomic E-state index is 13.6. The third-order valence-electron chi connectivity index (χ3n) is 3.07. The Morgan fingerprint density at radius 3 is 3.06 bits per heavy atom. The van der Waals surface area contributed by atoms with Crippen molar-refractivity contribution in [3.63, 3.8) is 0 Å². The SMILES string of the molecule is O=C(NC1CCCCNC1)c1c(F)cccc1Cl. The fraction of sp³-hybridized carbons (Fsp3) is 0.462. The summed E-state index contributed by atoms with van der Waals surface area (Å²) >= 11 is 5.86. The molecule has 1 aliphatic rings. The lowest BCUT2D eigenvalue weighted by molar-refractivity contribution is 0.0931. The third kappa shape index (κ3) is 3.21. The molecule has 1 aromatic carbocycles. The summed E-state index contributed by atoms with van der Waals surface area (Å²) in [5.41, 5.74) is -0.0663. The summed E-state index contributed by atoms with van der Waals surface area (Å²) in [6.07, 6.45) is 3.07. The molecule has 5 heteroatoms. The van der Waals surface area contributed by atoms with E-state index in [4.69, 9.17) is 11.6 Å². The zero-order chi connectivity index (χ0) is 13.0. The van der Waals surface area contributed by atoms with Crippen molar-refractivity contribution in [2.45, 2.75) is 25.3 Å². The van der Waals surface area contributed by atoms with Crippen LogP contribution in [0.3, 0.4) is 0 Å². The molecule has 1 aromatic rings. The third-order valence-corrected chi connectivity index (χ3v) is 3.39. The summed E-state index contributed by atoms with van der Waals surface area (Å²) in [5.74, 6) is -1.02. The zero-order valence-electron chi connectivity index (χ0n) is 10.0. The van der Waals surface area contributed by atoms with Gasteiger partial charge in [0, 0.05) is 12.6 Å². The van der Waals surface area contributed by atoms with Gasteiger partial charge in [-0.15, -0.1) is 0 Å². The van der Waals surface area contributed by atoms with Gasteiger partial charge in [0.25, 0.3) is 5.91 Å². The molecule has 0 radical (unpaired) electrons. The Bertz CT molecular complexity index is 411. The molecule has 1 saturated heterocycles. The van der Waals surface area contributed by atoms with E-state index in [-0.39, 0.29) is 16.6 Å². The number of hydrogen-bond donors (Lipinski definition) is 2. The van der Waals surface area contributed by atoms with Crippen LogP contribution in [-0.2, 0) is 0 Å². The minimum atomic E-state index is -0.582. The van der Waals surface area contributed by atoms with Crippen molar-refractivity contribution in [2.75, 3.05) is 13.1 Å². The Morgan fingerprint density at radius 1 is 1.44 bits per heavy atom. The molecule has 1 amide bonds. The van der Waals surface area contributed by atoms with Gasteiger partial charge in [0.2, 0.25) is 0 Å². The molecule has 0 bridgehead atoms. The lowest BCUT2D eigenvalue weighted by Gasteiger charge is -2.17. The Hall–Kier alpha value is -1.13. The van der Waals surface area contributed by atoms with Crippen LogP contribution in [0.5, 0.6) is 0 Å². The number of carbonyl (C=O) groups is 1. The highest BCUT2D eigenvalue weighted by Gasteiger charge is 2.20. The number of halogens is 2. The van der Waals surface area contributed by atoms with E-state index in [2.05, 4.69) is 10.6 Å². The van der Waals surface area contributed by atoms with Gasteiger partial charge < -0.3 is 10.6 Å². The molecule has 1 unspecified atom stereocenters. The topological polar surface area (TPSA) is 41.1 Å². The minimum Gasteiger partial charge on any atom is -0.348 e. The summed E-state index contributed by atoms with van der Waals surface area (Å²) in [7, 11) is 0. The maximum absolute atomic E-state index is 13.6. The molecule has 1 fully saturated rings. The average Bonchev–Trinajstić information content (AvgIpc) is 2.57. The first-order chi connectivity index (χ1) is 8.68. The van der Waals surface area contributed by atoms with Gasteiger partial charge in [-0.1, -0.05) is 24.1 Å². The molecule has 1 heterocycles. The van der Waals surface area contributed by atoms with Gasteiger partial charge >= 0.3 is 0 Å². The summed E-state index contributed by atoms with van der Waals surface area (Å²) in [6.45, 7) is 1.69. The molecule has 0 spiro atoms. The van der Waals surface area contributed by atoms with E-state index in [1.807, 2.05) is 0 Å². The van der Waals surface area contributed by atoms with E-state index in [1.54, 1.807) is 0 Å². The van der Waals surface area contributed by atoms with Crippen molar-refractivity contribution in [1.29, 1.82) is 0 Å². The summed E-state index contributed by atoms with van der Waals surface area (Å²) in [6, 6.07) is 4.29. The van der Waals surface area contributed by atoms with Crippen molar-refractivity contribution in [3.05, 3.63) is 34.6 Å². The largest absolute Gasteiger partial charge is 0.348 e. The molecule has 0 saturated carbocycles. The fourth-order valence-corrected chi connectivity index (χ4v) is 2.36. The van der Waals surface area contributed by atoms with E-state index < -0.39 is 11.7 Å². The smallest absolute Gasteiger partial charge is 0.256 e. The molecule has 2 rings (SSSR count). The summed E-state index contributed by atoms with van der Waals surface area (Å²) < 4.78 is 13.6. The van der Waals surface area contributed by atoms with Crippen molar-refractivity contribution in [2.24, 2.45) is 0 Å². The van der Waals surface area contributed by atoms with E-state index in [0.717, 1.165) is 32.4 Å².